The van der Waals surface area contributed by atoms with Crippen LogP contribution in [0.5, 0.6) is 0 Å². The van der Waals surface area contributed by atoms with Crippen LogP contribution in [-0.2, 0) is 16.1 Å². The molecule has 2 fully saturated rings. The van der Waals surface area contributed by atoms with Crippen molar-refractivity contribution < 1.29 is 14.1 Å². The van der Waals surface area contributed by atoms with E-state index in [2.05, 4.69) is 15.5 Å². The fraction of sp³-hybridized carbons (Fsp3) is 0.786. The van der Waals surface area contributed by atoms with E-state index in [-0.39, 0.29) is 12.0 Å². The Balaban J connectivity index is 1.50. The first kappa shape index (κ1) is 13.5. The molecule has 2 heterocycles. The number of nitrogens with zero attached hydrogens (tertiary/aromatic N) is 2. The molecule has 1 atom stereocenters. The summed E-state index contributed by atoms with van der Waals surface area (Å²) in [6.45, 7) is 0.961. The fourth-order valence-corrected chi connectivity index (χ4v) is 2.93. The zero-order valence-electron chi connectivity index (χ0n) is 11.6. The summed E-state index contributed by atoms with van der Waals surface area (Å²) in [5, 5.41) is 6.84. The monoisotopic (exact) mass is 279 g/mol. The fourth-order valence-electron chi connectivity index (χ4n) is 2.93. The Kier molecular flexibility index (Phi) is 4.30. The molecule has 110 valence electrons. The van der Waals surface area contributed by atoms with E-state index in [0.29, 0.717) is 25.0 Å². The van der Waals surface area contributed by atoms with Crippen molar-refractivity contribution in [1.29, 1.82) is 0 Å². The van der Waals surface area contributed by atoms with Crippen LogP contribution in [0.3, 0.4) is 0 Å². The minimum Gasteiger partial charge on any atom is -0.368 e. The smallest absolute Gasteiger partial charge is 0.249 e. The highest BCUT2D eigenvalue weighted by molar-refractivity contribution is 5.80. The number of rotatable bonds is 4. The molecule has 1 aliphatic heterocycles. The Morgan fingerprint density at radius 1 is 1.20 bits per heavy atom. The molecule has 1 saturated heterocycles. The normalized spacial score (nSPS) is 23.9. The predicted octanol–water partition coefficient (Wildman–Crippen LogP) is 1.91. The summed E-state index contributed by atoms with van der Waals surface area (Å²) in [7, 11) is 0. The van der Waals surface area contributed by atoms with Gasteiger partial charge in [0.1, 0.15) is 6.10 Å². The average Bonchev–Trinajstić information content (AvgIpc) is 3.17. The third-order valence-electron chi connectivity index (χ3n) is 4.09. The Morgan fingerprint density at radius 3 is 2.80 bits per heavy atom. The predicted molar refractivity (Wildman–Crippen MR) is 70.9 cm³/mol. The molecule has 1 aromatic heterocycles. The minimum atomic E-state index is -0.310. The molecular weight excluding hydrogens is 258 g/mol. The second-order valence-corrected chi connectivity index (χ2v) is 5.60. The summed E-state index contributed by atoms with van der Waals surface area (Å²) < 4.78 is 10.5. The van der Waals surface area contributed by atoms with E-state index in [1.54, 1.807) is 0 Å². The molecule has 1 amide bonds. The van der Waals surface area contributed by atoms with Gasteiger partial charge in [-0.1, -0.05) is 24.4 Å². The van der Waals surface area contributed by atoms with Crippen molar-refractivity contribution in [2.45, 2.75) is 63.5 Å². The van der Waals surface area contributed by atoms with Crippen molar-refractivity contribution in [3.05, 3.63) is 11.7 Å². The van der Waals surface area contributed by atoms with Gasteiger partial charge < -0.3 is 14.6 Å². The number of carbonyl (C=O) groups excluding carboxylic acids is 1. The van der Waals surface area contributed by atoms with E-state index in [9.17, 15) is 4.79 Å². The first-order chi connectivity index (χ1) is 9.83. The van der Waals surface area contributed by atoms with Gasteiger partial charge in [0.25, 0.3) is 0 Å². The summed E-state index contributed by atoms with van der Waals surface area (Å²) >= 11 is 0. The van der Waals surface area contributed by atoms with Crippen LogP contribution in [0.15, 0.2) is 4.52 Å². The van der Waals surface area contributed by atoms with E-state index in [4.69, 9.17) is 9.26 Å². The molecule has 1 unspecified atom stereocenters. The van der Waals surface area contributed by atoms with Crippen LogP contribution in [0, 0.1) is 0 Å². The Labute approximate surface area is 118 Å². The lowest BCUT2D eigenvalue weighted by molar-refractivity contribution is -0.130. The highest BCUT2D eigenvalue weighted by atomic mass is 16.5. The maximum Gasteiger partial charge on any atom is 0.249 e. The molecule has 6 nitrogen and oxygen atoms in total. The number of carbonyl (C=O) groups is 1. The number of aromatic nitrogens is 2. The minimum absolute atomic E-state index is 0.0834. The van der Waals surface area contributed by atoms with E-state index in [1.807, 2.05) is 0 Å². The Bertz CT molecular complexity index is 448. The van der Waals surface area contributed by atoms with Gasteiger partial charge in [0, 0.05) is 12.5 Å². The van der Waals surface area contributed by atoms with Crippen molar-refractivity contribution in [2.24, 2.45) is 0 Å². The van der Waals surface area contributed by atoms with E-state index in [1.165, 1.54) is 19.3 Å². The second-order valence-electron chi connectivity index (χ2n) is 5.60. The number of amides is 1. The molecule has 0 bridgehead atoms. The lowest BCUT2D eigenvalue weighted by atomic mass is 9.89. The Morgan fingerprint density at radius 2 is 2.05 bits per heavy atom. The van der Waals surface area contributed by atoms with Crippen molar-refractivity contribution in [3.8, 4) is 0 Å². The number of hydrogen-bond donors (Lipinski definition) is 1. The topological polar surface area (TPSA) is 77.3 Å². The molecule has 1 aromatic rings. The van der Waals surface area contributed by atoms with Crippen LogP contribution in [0.1, 0.15) is 62.6 Å². The van der Waals surface area contributed by atoms with Gasteiger partial charge in [-0.25, -0.2) is 0 Å². The summed E-state index contributed by atoms with van der Waals surface area (Å²) in [4.78, 5) is 16.2. The van der Waals surface area contributed by atoms with Gasteiger partial charge in [-0.2, -0.15) is 4.98 Å². The van der Waals surface area contributed by atoms with Gasteiger partial charge in [-0.05, 0) is 25.7 Å². The molecule has 1 N–H and O–H groups in total. The molecule has 1 aliphatic carbocycles. The largest absolute Gasteiger partial charge is 0.368 e. The molecule has 20 heavy (non-hydrogen) atoms. The third-order valence-corrected chi connectivity index (χ3v) is 4.09. The average molecular weight is 279 g/mol. The quantitative estimate of drug-likeness (QED) is 0.911. The van der Waals surface area contributed by atoms with Gasteiger partial charge in [-0.3, -0.25) is 4.79 Å². The third kappa shape index (κ3) is 3.17. The highest BCUT2D eigenvalue weighted by Gasteiger charge is 2.24. The molecule has 0 radical (unpaired) electrons. The SMILES string of the molecule is O=C(NCc1nc(C2CCCCC2)no1)C1CCCO1. The second kappa shape index (κ2) is 6.35. The van der Waals surface area contributed by atoms with Crippen molar-refractivity contribution in [1.82, 2.24) is 15.5 Å². The maximum absolute atomic E-state index is 11.8. The molecule has 0 aromatic carbocycles. The van der Waals surface area contributed by atoms with Crippen LogP contribution in [0.2, 0.25) is 0 Å². The Hall–Kier alpha value is -1.43. The molecule has 1 saturated carbocycles. The first-order valence-corrected chi connectivity index (χ1v) is 7.55. The molecular formula is C14H21N3O3. The number of nitrogens with one attached hydrogen (secondary N) is 1. The van der Waals surface area contributed by atoms with E-state index in [0.717, 1.165) is 31.5 Å². The zero-order chi connectivity index (χ0) is 13.8. The van der Waals surface area contributed by atoms with Crippen molar-refractivity contribution in [2.75, 3.05) is 6.61 Å². The van der Waals surface area contributed by atoms with Gasteiger partial charge in [0.05, 0.1) is 6.54 Å². The number of ether oxygens (including phenoxy) is 1. The van der Waals surface area contributed by atoms with Crippen molar-refractivity contribution >= 4 is 5.91 Å². The molecule has 2 aliphatic rings. The summed E-state index contributed by atoms with van der Waals surface area (Å²) in [5.74, 6) is 1.62. The van der Waals surface area contributed by atoms with Gasteiger partial charge >= 0.3 is 0 Å². The molecule has 0 spiro atoms. The van der Waals surface area contributed by atoms with Crippen LogP contribution in [0.25, 0.3) is 0 Å². The van der Waals surface area contributed by atoms with Crippen LogP contribution in [-0.4, -0.2) is 28.8 Å². The van der Waals surface area contributed by atoms with E-state index >= 15 is 0 Å². The highest BCUT2D eigenvalue weighted by Crippen LogP contribution is 2.30. The summed E-state index contributed by atoms with van der Waals surface area (Å²) in [6, 6.07) is 0. The van der Waals surface area contributed by atoms with Crippen LogP contribution in [0.4, 0.5) is 0 Å². The van der Waals surface area contributed by atoms with Gasteiger partial charge in [0.15, 0.2) is 5.82 Å². The summed E-state index contributed by atoms with van der Waals surface area (Å²) in [5.41, 5.74) is 0. The van der Waals surface area contributed by atoms with E-state index < -0.39 is 0 Å². The van der Waals surface area contributed by atoms with Crippen LogP contribution >= 0.6 is 0 Å². The standard InChI is InChI=1S/C14H21N3O3/c18-14(11-7-4-8-19-11)15-9-12-16-13(17-20-12)10-5-2-1-3-6-10/h10-11H,1-9H2,(H,15,18). The number of hydrogen-bond acceptors (Lipinski definition) is 5. The molecule has 6 heteroatoms. The lowest BCUT2D eigenvalue weighted by Gasteiger charge is -2.17. The zero-order valence-corrected chi connectivity index (χ0v) is 11.6. The first-order valence-electron chi connectivity index (χ1n) is 7.55. The van der Waals surface area contributed by atoms with Gasteiger partial charge in [-0.15, -0.1) is 0 Å². The van der Waals surface area contributed by atoms with Gasteiger partial charge in [0.2, 0.25) is 11.8 Å². The lowest BCUT2D eigenvalue weighted by Crippen LogP contribution is -2.33. The maximum atomic E-state index is 11.8. The van der Waals surface area contributed by atoms with Crippen molar-refractivity contribution in [3.63, 3.8) is 0 Å². The summed E-state index contributed by atoms with van der Waals surface area (Å²) in [6.07, 6.45) is 7.50. The molecule has 3 rings (SSSR count). The van der Waals surface area contributed by atoms with Crippen LogP contribution < -0.4 is 5.32 Å².